The molecule has 0 bridgehead atoms. The lowest BCUT2D eigenvalue weighted by molar-refractivity contribution is -0.143. The molecule has 2 aromatic rings. The second kappa shape index (κ2) is 9.34. The Hall–Kier alpha value is -2.18. The van der Waals surface area contributed by atoms with Crippen LogP contribution < -0.4 is 0 Å². The largest absolute Gasteiger partial charge is 0.466 e. The zero-order valence-electron chi connectivity index (χ0n) is 13.6. The average Bonchev–Trinajstić information content (AvgIpc) is 2.58. The molecule has 0 atom stereocenters. The van der Waals surface area contributed by atoms with Gasteiger partial charge in [-0.2, -0.15) is 0 Å². The SMILES string of the molecule is CCOC(=O)CCN(Cc1cccnc1)C(=O)c1cc(Cl)nc(Cl)c1. The van der Waals surface area contributed by atoms with Crippen LogP contribution in [0.25, 0.3) is 0 Å². The number of carbonyl (C=O) groups is 2. The molecule has 0 radical (unpaired) electrons. The Morgan fingerprint density at radius 2 is 1.96 bits per heavy atom. The Labute approximate surface area is 155 Å². The predicted molar refractivity (Wildman–Crippen MR) is 94.5 cm³/mol. The molecule has 2 rings (SSSR count). The molecule has 0 N–H and O–H groups in total. The highest BCUT2D eigenvalue weighted by atomic mass is 35.5. The van der Waals surface area contributed by atoms with Crippen LogP contribution in [0.4, 0.5) is 0 Å². The quantitative estimate of drug-likeness (QED) is 0.542. The fraction of sp³-hybridized carbons (Fsp3) is 0.294. The van der Waals surface area contributed by atoms with Crippen molar-refractivity contribution in [2.75, 3.05) is 13.2 Å². The molecule has 0 spiro atoms. The molecule has 0 aliphatic heterocycles. The van der Waals surface area contributed by atoms with Crippen molar-refractivity contribution in [1.29, 1.82) is 0 Å². The molecule has 0 unspecified atom stereocenters. The van der Waals surface area contributed by atoms with Gasteiger partial charge in [-0.15, -0.1) is 0 Å². The van der Waals surface area contributed by atoms with Crippen molar-refractivity contribution < 1.29 is 14.3 Å². The second-order valence-corrected chi connectivity index (χ2v) is 5.92. The molecule has 132 valence electrons. The van der Waals surface area contributed by atoms with E-state index in [1.54, 1.807) is 25.4 Å². The molecule has 1 amide bonds. The minimum atomic E-state index is -0.364. The van der Waals surface area contributed by atoms with E-state index in [9.17, 15) is 9.59 Å². The minimum Gasteiger partial charge on any atom is -0.466 e. The summed E-state index contributed by atoms with van der Waals surface area (Å²) in [6, 6.07) is 6.51. The topological polar surface area (TPSA) is 72.4 Å². The standard InChI is InChI=1S/C17H17Cl2N3O3/c1-2-25-16(23)5-7-22(11-12-4-3-6-20-10-12)17(24)13-8-14(18)21-15(19)9-13/h3-4,6,8-10H,2,5,7,11H2,1H3. The molecule has 2 heterocycles. The first kappa shape index (κ1) is 19.1. The lowest BCUT2D eigenvalue weighted by Crippen LogP contribution is -2.33. The molecule has 2 aromatic heterocycles. The van der Waals surface area contributed by atoms with E-state index in [-0.39, 0.29) is 35.1 Å². The third-order valence-electron chi connectivity index (χ3n) is 3.28. The highest BCUT2D eigenvalue weighted by Gasteiger charge is 2.19. The fourth-order valence-electron chi connectivity index (χ4n) is 2.19. The van der Waals surface area contributed by atoms with Crippen molar-refractivity contribution in [1.82, 2.24) is 14.9 Å². The number of amides is 1. The second-order valence-electron chi connectivity index (χ2n) is 5.14. The maximum absolute atomic E-state index is 12.8. The van der Waals surface area contributed by atoms with Crippen molar-refractivity contribution >= 4 is 35.1 Å². The molecule has 0 saturated carbocycles. The summed E-state index contributed by atoms with van der Waals surface area (Å²) >= 11 is 11.8. The van der Waals surface area contributed by atoms with E-state index in [1.165, 1.54) is 17.0 Å². The summed E-state index contributed by atoms with van der Waals surface area (Å²) in [6.07, 6.45) is 3.40. The molecule has 25 heavy (non-hydrogen) atoms. The third kappa shape index (κ3) is 5.99. The Kier molecular flexibility index (Phi) is 7.16. The van der Waals surface area contributed by atoms with Gasteiger partial charge in [0.05, 0.1) is 13.0 Å². The van der Waals surface area contributed by atoms with Crippen LogP contribution in [0.1, 0.15) is 29.3 Å². The van der Waals surface area contributed by atoms with Crippen LogP contribution in [0.15, 0.2) is 36.7 Å². The van der Waals surface area contributed by atoms with E-state index in [1.807, 2.05) is 6.07 Å². The fourth-order valence-corrected chi connectivity index (χ4v) is 2.66. The van der Waals surface area contributed by atoms with Gasteiger partial charge in [-0.3, -0.25) is 14.6 Å². The van der Waals surface area contributed by atoms with Crippen molar-refractivity contribution in [2.24, 2.45) is 0 Å². The maximum atomic E-state index is 12.8. The summed E-state index contributed by atoms with van der Waals surface area (Å²) in [7, 11) is 0. The van der Waals surface area contributed by atoms with Crippen LogP contribution >= 0.6 is 23.2 Å². The first-order valence-corrected chi connectivity index (χ1v) is 8.42. The van der Waals surface area contributed by atoms with Crippen LogP contribution in [-0.2, 0) is 16.1 Å². The van der Waals surface area contributed by atoms with E-state index < -0.39 is 0 Å². The van der Waals surface area contributed by atoms with Gasteiger partial charge < -0.3 is 9.64 Å². The summed E-state index contributed by atoms with van der Waals surface area (Å²) < 4.78 is 4.92. The number of ether oxygens (including phenoxy) is 1. The van der Waals surface area contributed by atoms with Crippen LogP contribution in [-0.4, -0.2) is 39.9 Å². The van der Waals surface area contributed by atoms with Gasteiger partial charge in [0.15, 0.2) is 0 Å². The van der Waals surface area contributed by atoms with Crippen molar-refractivity contribution in [3.8, 4) is 0 Å². The Morgan fingerprint density at radius 1 is 1.24 bits per heavy atom. The number of hydrogen-bond donors (Lipinski definition) is 0. The molecule has 0 fully saturated rings. The van der Waals surface area contributed by atoms with Gasteiger partial charge in [-0.1, -0.05) is 29.3 Å². The van der Waals surface area contributed by atoms with Gasteiger partial charge in [0.25, 0.3) is 5.91 Å². The molecule has 0 aliphatic rings. The summed E-state index contributed by atoms with van der Waals surface area (Å²) in [6.45, 7) is 2.52. The number of carbonyl (C=O) groups excluding carboxylic acids is 2. The summed E-state index contributed by atoms with van der Waals surface area (Å²) in [5, 5.41) is 0.255. The van der Waals surface area contributed by atoms with Crippen LogP contribution in [0.3, 0.4) is 0 Å². The smallest absolute Gasteiger partial charge is 0.307 e. The lowest BCUT2D eigenvalue weighted by Gasteiger charge is -2.22. The van der Waals surface area contributed by atoms with Gasteiger partial charge >= 0.3 is 5.97 Å². The number of hydrogen-bond acceptors (Lipinski definition) is 5. The zero-order chi connectivity index (χ0) is 18.2. The first-order chi connectivity index (χ1) is 12.0. The Morgan fingerprint density at radius 3 is 2.56 bits per heavy atom. The molecule has 0 aromatic carbocycles. The highest BCUT2D eigenvalue weighted by molar-refractivity contribution is 6.33. The van der Waals surface area contributed by atoms with Crippen molar-refractivity contribution in [2.45, 2.75) is 19.9 Å². The number of aromatic nitrogens is 2. The predicted octanol–water partition coefficient (Wildman–Crippen LogP) is 3.38. The molecular weight excluding hydrogens is 365 g/mol. The molecule has 0 aliphatic carbocycles. The lowest BCUT2D eigenvalue weighted by atomic mass is 10.2. The average molecular weight is 382 g/mol. The highest BCUT2D eigenvalue weighted by Crippen LogP contribution is 2.17. The molecule has 6 nitrogen and oxygen atoms in total. The number of rotatable bonds is 7. The number of nitrogens with zero attached hydrogens (tertiary/aromatic N) is 3. The van der Waals surface area contributed by atoms with Crippen LogP contribution in [0.2, 0.25) is 10.3 Å². The van der Waals surface area contributed by atoms with E-state index in [0.717, 1.165) is 5.56 Å². The van der Waals surface area contributed by atoms with E-state index >= 15 is 0 Å². The van der Waals surface area contributed by atoms with Crippen LogP contribution in [0.5, 0.6) is 0 Å². The van der Waals surface area contributed by atoms with Gasteiger partial charge in [0.2, 0.25) is 0 Å². The third-order valence-corrected chi connectivity index (χ3v) is 3.67. The summed E-state index contributed by atoms with van der Waals surface area (Å²) in [5.74, 6) is -0.670. The monoisotopic (exact) mass is 381 g/mol. The normalized spacial score (nSPS) is 10.4. The summed E-state index contributed by atoms with van der Waals surface area (Å²) in [5.41, 5.74) is 1.14. The molecule has 8 heteroatoms. The van der Waals surface area contributed by atoms with Gasteiger partial charge in [-0.05, 0) is 30.7 Å². The van der Waals surface area contributed by atoms with Gasteiger partial charge in [0, 0.05) is 31.0 Å². The molecule has 0 saturated heterocycles. The van der Waals surface area contributed by atoms with E-state index in [2.05, 4.69) is 9.97 Å². The van der Waals surface area contributed by atoms with E-state index in [4.69, 9.17) is 27.9 Å². The van der Waals surface area contributed by atoms with Crippen molar-refractivity contribution in [3.63, 3.8) is 0 Å². The number of halogens is 2. The Bertz CT molecular complexity index is 721. The minimum absolute atomic E-state index is 0.0897. The maximum Gasteiger partial charge on any atom is 0.307 e. The number of pyridine rings is 2. The first-order valence-electron chi connectivity index (χ1n) is 7.66. The van der Waals surface area contributed by atoms with Crippen LogP contribution in [0, 0.1) is 0 Å². The Balaban J connectivity index is 2.19. The van der Waals surface area contributed by atoms with Crippen molar-refractivity contribution in [3.05, 3.63) is 58.1 Å². The van der Waals surface area contributed by atoms with Gasteiger partial charge in [-0.25, -0.2) is 4.98 Å². The van der Waals surface area contributed by atoms with E-state index in [0.29, 0.717) is 18.7 Å². The molecular formula is C17H17Cl2N3O3. The number of esters is 1. The zero-order valence-corrected chi connectivity index (χ0v) is 15.1. The van der Waals surface area contributed by atoms with Gasteiger partial charge in [0.1, 0.15) is 10.3 Å². The summed E-state index contributed by atoms with van der Waals surface area (Å²) in [4.78, 5) is 33.9.